The highest BCUT2D eigenvalue weighted by Crippen LogP contribution is 2.27. The van der Waals surface area contributed by atoms with Crippen molar-refractivity contribution >= 4 is 29.0 Å². The Morgan fingerprint density at radius 3 is 2.39 bits per heavy atom. The van der Waals surface area contributed by atoms with Crippen LogP contribution >= 0.6 is 23.2 Å². The van der Waals surface area contributed by atoms with Gasteiger partial charge in [0, 0.05) is 16.8 Å². The molecular weight excluding hydrogens is 271 g/mol. The molecule has 1 heterocycles. The van der Waals surface area contributed by atoms with E-state index in [1.165, 1.54) is 6.20 Å². The SMILES string of the molecule is NNC(c1ccc(Cl)cc1)c1cc(Cl)cnc1N. The number of aromatic nitrogens is 1. The number of nitrogens with two attached hydrogens (primary N) is 2. The van der Waals surface area contributed by atoms with Crippen molar-refractivity contribution in [2.24, 2.45) is 5.84 Å². The molecule has 0 saturated carbocycles. The third kappa shape index (κ3) is 2.73. The minimum atomic E-state index is -0.284. The van der Waals surface area contributed by atoms with E-state index in [0.717, 1.165) is 11.1 Å². The lowest BCUT2D eigenvalue weighted by molar-refractivity contribution is 0.637. The molecule has 94 valence electrons. The fourth-order valence-electron chi connectivity index (χ4n) is 1.72. The normalized spacial score (nSPS) is 12.4. The number of hydrogen-bond acceptors (Lipinski definition) is 4. The predicted molar refractivity (Wildman–Crippen MR) is 74.3 cm³/mol. The summed E-state index contributed by atoms with van der Waals surface area (Å²) in [4.78, 5) is 4.01. The summed E-state index contributed by atoms with van der Waals surface area (Å²) in [5.41, 5.74) is 10.2. The fraction of sp³-hybridized carbons (Fsp3) is 0.0833. The number of nitrogens with one attached hydrogen (secondary N) is 1. The molecule has 0 spiro atoms. The van der Waals surface area contributed by atoms with Crippen LogP contribution in [0.3, 0.4) is 0 Å². The molecule has 4 nitrogen and oxygen atoms in total. The lowest BCUT2D eigenvalue weighted by Gasteiger charge is -2.18. The molecule has 1 aromatic carbocycles. The van der Waals surface area contributed by atoms with Crippen LogP contribution in [0, 0.1) is 0 Å². The highest BCUT2D eigenvalue weighted by molar-refractivity contribution is 6.30. The van der Waals surface area contributed by atoms with Crippen LogP contribution in [0.1, 0.15) is 17.2 Å². The van der Waals surface area contributed by atoms with Crippen LogP contribution in [0.25, 0.3) is 0 Å². The van der Waals surface area contributed by atoms with E-state index in [9.17, 15) is 0 Å². The topological polar surface area (TPSA) is 77.0 Å². The Labute approximate surface area is 115 Å². The largest absolute Gasteiger partial charge is 0.383 e. The Kier molecular flexibility index (Phi) is 4.04. The first-order valence-electron chi connectivity index (χ1n) is 5.24. The number of nitrogen functional groups attached to an aromatic ring is 1. The summed E-state index contributed by atoms with van der Waals surface area (Å²) < 4.78 is 0. The summed E-state index contributed by atoms with van der Waals surface area (Å²) >= 11 is 11.8. The molecule has 0 aliphatic rings. The predicted octanol–water partition coefficient (Wildman–Crippen LogP) is 2.52. The van der Waals surface area contributed by atoms with Crippen molar-refractivity contribution in [2.45, 2.75) is 6.04 Å². The smallest absolute Gasteiger partial charge is 0.128 e. The van der Waals surface area contributed by atoms with Crippen molar-refractivity contribution in [3.05, 3.63) is 57.7 Å². The molecule has 5 N–H and O–H groups in total. The Morgan fingerprint density at radius 2 is 1.78 bits per heavy atom. The van der Waals surface area contributed by atoms with E-state index in [-0.39, 0.29) is 6.04 Å². The summed E-state index contributed by atoms with van der Waals surface area (Å²) in [6.07, 6.45) is 1.50. The maximum atomic E-state index is 5.92. The summed E-state index contributed by atoms with van der Waals surface area (Å²) in [5, 5.41) is 1.17. The molecule has 0 aliphatic heterocycles. The molecular formula is C12H12Cl2N4. The summed E-state index contributed by atoms with van der Waals surface area (Å²) in [5.74, 6) is 5.97. The van der Waals surface area contributed by atoms with E-state index in [0.29, 0.717) is 15.9 Å². The van der Waals surface area contributed by atoms with E-state index in [4.69, 9.17) is 34.8 Å². The summed E-state index contributed by atoms with van der Waals surface area (Å²) in [7, 11) is 0. The first-order valence-corrected chi connectivity index (χ1v) is 6.00. The molecule has 1 atom stereocenters. The van der Waals surface area contributed by atoms with Gasteiger partial charge in [-0.1, -0.05) is 35.3 Å². The van der Waals surface area contributed by atoms with E-state index in [1.807, 2.05) is 12.1 Å². The fourth-order valence-corrected chi connectivity index (χ4v) is 2.01. The van der Waals surface area contributed by atoms with Gasteiger partial charge in [-0.2, -0.15) is 0 Å². The molecule has 0 aliphatic carbocycles. The monoisotopic (exact) mass is 282 g/mol. The van der Waals surface area contributed by atoms with Crippen molar-refractivity contribution in [1.82, 2.24) is 10.4 Å². The molecule has 1 unspecified atom stereocenters. The molecule has 2 aromatic rings. The van der Waals surface area contributed by atoms with Crippen molar-refractivity contribution < 1.29 is 0 Å². The highest BCUT2D eigenvalue weighted by Gasteiger charge is 2.16. The second-order valence-electron chi connectivity index (χ2n) is 3.78. The van der Waals surface area contributed by atoms with Crippen LogP contribution < -0.4 is 17.0 Å². The highest BCUT2D eigenvalue weighted by atomic mass is 35.5. The number of pyridine rings is 1. The lowest BCUT2D eigenvalue weighted by Crippen LogP contribution is -2.29. The number of rotatable bonds is 3. The zero-order chi connectivity index (χ0) is 13.1. The number of anilines is 1. The van der Waals surface area contributed by atoms with Crippen LogP contribution in [0.15, 0.2) is 36.5 Å². The van der Waals surface area contributed by atoms with Gasteiger partial charge in [0.2, 0.25) is 0 Å². The maximum Gasteiger partial charge on any atom is 0.128 e. The molecule has 18 heavy (non-hydrogen) atoms. The van der Waals surface area contributed by atoms with E-state index < -0.39 is 0 Å². The molecule has 1 aromatic heterocycles. The zero-order valence-electron chi connectivity index (χ0n) is 9.40. The van der Waals surface area contributed by atoms with Crippen molar-refractivity contribution in [3.63, 3.8) is 0 Å². The van der Waals surface area contributed by atoms with Gasteiger partial charge in [-0.15, -0.1) is 0 Å². The molecule has 0 amide bonds. The first-order chi connectivity index (χ1) is 8.61. The van der Waals surface area contributed by atoms with Gasteiger partial charge in [0.25, 0.3) is 0 Å². The molecule has 0 saturated heterocycles. The summed E-state index contributed by atoms with van der Waals surface area (Å²) in [6, 6.07) is 8.77. The molecule has 0 radical (unpaired) electrons. The van der Waals surface area contributed by atoms with E-state index in [2.05, 4.69) is 10.4 Å². The number of hydrogen-bond donors (Lipinski definition) is 3. The van der Waals surface area contributed by atoms with Crippen LogP contribution in [0.4, 0.5) is 5.82 Å². The van der Waals surface area contributed by atoms with Gasteiger partial charge in [-0.25, -0.2) is 10.4 Å². The molecule has 0 bridgehead atoms. The average Bonchev–Trinajstić information content (AvgIpc) is 2.37. The second kappa shape index (κ2) is 5.54. The maximum absolute atomic E-state index is 5.92. The van der Waals surface area contributed by atoms with Crippen molar-refractivity contribution in [3.8, 4) is 0 Å². The minimum Gasteiger partial charge on any atom is -0.383 e. The van der Waals surface area contributed by atoms with Crippen LogP contribution in [0.5, 0.6) is 0 Å². The van der Waals surface area contributed by atoms with Gasteiger partial charge in [-0.05, 0) is 23.8 Å². The average molecular weight is 283 g/mol. The van der Waals surface area contributed by atoms with Gasteiger partial charge in [0.1, 0.15) is 5.82 Å². The quantitative estimate of drug-likeness (QED) is 0.597. The minimum absolute atomic E-state index is 0.284. The third-order valence-electron chi connectivity index (χ3n) is 2.60. The number of halogens is 2. The number of nitrogens with zero attached hydrogens (tertiary/aromatic N) is 1. The first kappa shape index (κ1) is 13.1. The zero-order valence-corrected chi connectivity index (χ0v) is 10.9. The van der Waals surface area contributed by atoms with Crippen LogP contribution in [0.2, 0.25) is 10.0 Å². The Bertz CT molecular complexity index is 542. The second-order valence-corrected chi connectivity index (χ2v) is 4.65. The standard InChI is InChI=1S/C12H12Cl2N4/c13-8-3-1-7(2-4-8)11(18-16)10-5-9(14)6-17-12(10)15/h1-6,11,18H,16H2,(H2,15,17). The number of hydrazine groups is 1. The van der Waals surface area contributed by atoms with Crippen LogP contribution in [-0.2, 0) is 0 Å². The van der Waals surface area contributed by atoms with Crippen molar-refractivity contribution in [2.75, 3.05) is 5.73 Å². The third-order valence-corrected chi connectivity index (χ3v) is 3.06. The van der Waals surface area contributed by atoms with Gasteiger partial charge >= 0.3 is 0 Å². The number of benzene rings is 1. The lowest BCUT2D eigenvalue weighted by atomic mass is 10.00. The van der Waals surface area contributed by atoms with Crippen molar-refractivity contribution in [1.29, 1.82) is 0 Å². The Balaban J connectivity index is 2.44. The molecule has 0 fully saturated rings. The molecule has 6 heteroatoms. The van der Waals surface area contributed by atoms with E-state index in [1.54, 1.807) is 18.2 Å². The van der Waals surface area contributed by atoms with E-state index >= 15 is 0 Å². The Morgan fingerprint density at radius 1 is 1.11 bits per heavy atom. The van der Waals surface area contributed by atoms with Crippen LogP contribution in [-0.4, -0.2) is 4.98 Å². The Hall–Kier alpha value is -1.33. The summed E-state index contributed by atoms with van der Waals surface area (Å²) in [6.45, 7) is 0. The molecule has 2 rings (SSSR count). The van der Waals surface area contributed by atoms with Gasteiger partial charge in [-0.3, -0.25) is 5.84 Å². The van der Waals surface area contributed by atoms with Gasteiger partial charge in [0.15, 0.2) is 0 Å². The van der Waals surface area contributed by atoms with Gasteiger partial charge < -0.3 is 5.73 Å². The van der Waals surface area contributed by atoms with Gasteiger partial charge in [0.05, 0.1) is 11.1 Å².